The van der Waals surface area contributed by atoms with Gasteiger partial charge in [0.25, 0.3) is 0 Å². The molecule has 2 aromatic carbocycles. The minimum atomic E-state index is 0.674. The summed E-state index contributed by atoms with van der Waals surface area (Å²) in [6.07, 6.45) is 1.83. The number of para-hydroxylation sites is 2. The lowest BCUT2D eigenvalue weighted by atomic mass is 10.2. The molecule has 1 aliphatic rings. The number of nitrogens with zero attached hydrogens (tertiary/aromatic N) is 3. The van der Waals surface area contributed by atoms with Crippen molar-refractivity contribution in [2.75, 3.05) is 31.6 Å². The van der Waals surface area contributed by atoms with E-state index in [2.05, 4.69) is 52.2 Å². The predicted molar refractivity (Wildman–Crippen MR) is 121 cm³/mol. The van der Waals surface area contributed by atoms with Gasteiger partial charge in [-0.25, -0.2) is 4.98 Å². The fourth-order valence-electron chi connectivity index (χ4n) is 3.58. The van der Waals surface area contributed by atoms with Crippen molar-refractivity contribution in [1.82, 2.24) is 14.9 Å². The van der Waals surface area contributed by atoms with E-state index in [1.54, 1.807) is 0 Å². The number of fused-ring (bicyclic) bond motifs is 2. The quantitative estimate of drug-likeness (QED) is 0.367. The largest absolute Gasteiger partial charge is 0.490 e. The summed E-state index contributed by atoms with van der Waals surface area (Å²) in [6.45, 7) is 7.88. The van der Waals surface area contributed by atoms with E-state index in [4.69, 9.17) is 14.5 Å². The van der Waals surface area contributed by atoms with Gasteiger partial charge >= 0.3 is 0 Å². The Morgan fingerprint density at radius 3 is 2.83 bits per heavy atom. The van der Waals surface area contributed by atoms with Crippen LogP contribution in [0.3, 0.4) is 0 Å². The molecule has 7 heteroatoms. The van der Waals surface area contributed by atoms with Crippen molar-refractivity contribution in [2.24, 2.45) is 4.99 Å². The van der Waals surface area contributed by atoms with Crippen molar-refractivity contribution in [3.05, 3.63) is 48.3 Å². The van der Waals surface area contributed by atoms with Gasteiger partial charge in [-0.1, -0.05) is 12.1 Å². The molecule has 0 radical (unpaired) electrons. The number of anilines is 1. The molecular weight excluding hydrogens is 378 g/mol. The average molecular weight is 408 g/mol. The average Bonchev–Trinajstić information content (AvgIpc) is 2.91. The van der Waals surface area contributed by atoms with Crippen LogP contribution in [-0.4, -0.2) is 41.8 Å². The number of benzene rings is 2. The Kier molecular flexibility index (Phi) is 6.37. The summed E-state index contributed by atoms with van der Waals surface area (Å²) in [5.74, 6) is 3.37. The third kappa shape index (κ3) is 4.67. The number of hydrogen-bond acceptors (Lipinski definition) is 4. The van der Waals surface area contributed by atoms with Crippen LogP contribution < -0.4 is 20.1 Å². The number of nitrogens with one attached hydrogen (secondary N) is 2. The van der Waals surface area contributed by atoms with Gasteiger partial charge in [0.05, 0.1) is 24.2 Å². The zero-order valence-corrected chi connectivity index (χ0v) is 17.6. The standard InChI is InChI=1S/C23H29N5O2/c1-3-24-23(27-18-10-11-21-22(16-18)30-15-7-14-29-21)25-12-6-13-28-17(2)26-19-8-4-5-9-20(19)28/h4-5,8-11,16H,3,6-7,12-15H2,1-2H3,(H2,24,25,27). The van der Waals surface area contributed by atoms with Crippen LogP contribution >= 0.6 is 0 Å². The molecule has 0 aliphatic carbocycles. The lowest BCUT2D eigenvalue weighted by Crippen LogP contribution is -2.30. The number of aryl methyl sites for hydroxylation is 2. The number of guanidine groups is 1. The van der Waals surface area contributed by atoms with Crippen LogP contribution in [-0.2, 0) is 6.54 Å². The zero-order valence-electron chi connectivity index (χ0n) is 17.6. The first-order valence-electron chi connectivity index (χ1n) is 10.6. The van der Waals surface area contributed by atoms with Crippen molar-refractivity contribution < 1.29 is 9.47 Å². The fourth-order valence-corrected chi connectivity index (χ4v) is 3.58. The highest BCUT2D eigenvalue weighted by atomic mass is 16.5. The van der Waals surface area contributed by atoms with Gasteiger partial charge in [-0.3, -0.25) is 4.99 Å². The smallest absolute Gasteiger partial charge is 0.195 e. The Labute approximate surface area is 177 Å². The summed E-state index contributed by atoms with van der Waals surface area (Å²) < 4.78 is 13.7. The summed E-state index contributed by atoms with van der Waals surface area (Å²) in [7, 11) is 0. The third-order valence-electron chi connectivity index (χ3n) is 5.01. The van der Waals surface area contributed by atoms with E-state index in [0.717, 1.165) is 60.4 Å². The highest BCUT2D eigenvalue weighted by molar-refractivity contribution is 5.93. The van der Waals surface area contributed by atoms with Gasteiger partial charge in [0.2, 0.25) is 0 Å². The highest BCUT2D eigenvalue weighted by Gasteiger charge is 2.11. The van der Waals surface area contributed by atoms with Crippen LogP contribution in [0.1, 0.15) is 25.6 Å². The maximum atomic E-state index is 5.78. The summed E-state index contributed by atoms with van der Waals surface area (Å²) in [5.41, 5.74) is 3.15. The molecule has 0 spiro atoms. The molecule has 0 amide bonds. The monoisotopic (exact) mass is 407 g/mol. The lowest BCUT2D eigenvalue weighted by Gasteiger charge is -2.14. The Hall–Kier alpha value is -3.22. The molecule has 1 aliphatic heterocycles. The predicted octanol–water partition coefficient (Wildman–Crippen LogP) is 3.97. The summed E-state index contributed by atoms with van der Waals surface area (Å²) in [5, 5.41) is 6.68. The zero-order chi connectivity index (χ0) is 20.8. The number of rotatable bonds is 6. The molecule has 7 nitrogen and oxygen atoms in total. The fraction of sp³-hybridized carbons (Fsp3) is 0.391. The Balaban J connectivity index is 1.39. The van der Waals surface area contributed by atoms with Gasteiger partial charge < -0.3 is 24.7 Å². The maximum Gasteiger partial charge on any atom is 0.195 e. The van der Waals surface area contributed by atoms with Gasteiger partial charge in [-0.2, -0.15) is 0 Å². The minimum Gasteiger partial charge on any atom is -0.490 e. The van der Waals surface area contributed by atoms with Crippen molar-refractivity contribution in [2.45, 2.75) is 33.2 Å². The van der Waals surface area contributed by atoms with Crippen molar-refractivity contribution in [1.29, 1.82) is 0 Å². The normalized spacial score (nSPS) is 13.9. The molecule has 0 saturated carbocycles. The number of aliphatic imine (C=N–C) groups is 1. The maximum absolute atomic E-state index is 5.78. The van der Waals surface area contributed by atoms with E-state index >= 15 is 0 Å². The minimum absolute atomic E-state index is 0.674. The van der Waals surface area contributed by atoms with E-state index in [9.17, 15) is 0 Å². The molecule has 0 saturated heterocycles. The second kappa shape index (κ2) is 9.52. The Morgan fingerprint density at radius 1 is 1.13 bits per heavy atom. The number of imidazole rings is 1. The summed E-state index contributed by atoms with van der Waals surface area (Å²) in [6, 6.07) is 14.2. The van der Waals surface area contributed by atoms with Crippen molar-refractivity contribution in [3.63, 3.8) is 0 Å². The molecule has 1 aromatic heterocycles. The van der Waals surface area contributed by atoms with E-state index in [0.29, 0.717) is 19.8 Å². The van der Waals surface area contributed by atoms with Gasteiger partial charge in [-0.05, 0) is 44.5 Å². The van der Waals surface area contributed by atoms with Gasteiger partial charge in [0.15, 0.2) is 17.5 Å². The first kappa shape index (κ1) is 20.1. The van der Waals surface area contributed by atoms with E-state index < -0.39 is 0 Å². The SMILES string of the molecule is CCNC(=NCCCn1c(C)nc2ccccc21)Nc1ccc2c(c1)OCCCO2. The number of ether oxygens (including phenoxy) is 2. The molecule has 0 unspecified atom stereocenters. The van der Waals surface area contributed by atoms with Crippen LogP contribution in [0.5, 0.6) is 11.5 Å². The second-order valence-corrected chi connectivity index (χ2v) is 7.25. The molecule has 0 atom stereocenters. The first-order valence-corrected chi connectivity index (χ1v) is 10.6. The Bertz CT molecular complexity index is 1030. The molecule has 30 heavy (non-hydrogen) atoms. The molecule has 2 N–H and O–H groups in total. The number of aromatic nitrogens is 2. The molecular formula is C23H29N5O2. The number of hydrogen-bond donors (Lipinski definition) is 2. The summed E-state index contributed by atoms with van der Waals surface area (Å²) >= 11 is 0. The van der Waals surface area contributed by atoms with Crippen LogP contribution in [0.25, 0.3) is 11.0 Å². The first-order chi connectivity index (χ1) is 14.7. The van der Waals surface area contributed by atoms with Crippen LogP contribution in [0.4, 0.5) is 5.69 Å². The van der Waals surface area contributed by atoms with E-state index in [1.807, 2.05) is 24.3 Å². The lowest BCUT2D eigenvalue weighted by molar-refractivity contribution is 0.297. The van der Waals surface area contributed by atoms with Gasteiger partial charge in [0, 0.05) is 37.8 Å². The van der Waals surface area contributed by atoms with E-state index in [-0.39, 0.29) is 0 Å². The highest BCUT2D eigenvalue weighted by Crippen LogP contribution is 2.32. The molecule has 158 valence electrons. The molecule has 2 heterocycles. The molecule has 4 rings (SSSR count). The molecule has 0 bridgehead atoms. The second-order valence-electron chi connectivity index (χ2n) is 7.25. The molecule has 3 aromatic rings. The van der Waals surface area contributed by atoms with Gasteiger partial charge in [-0.15, -0.1) is 0 Å². The van der Waals surface area contributed by atoms with E-state index in [1.165, 1.54) is 5.52 Å². The third-order valence-corrected chi connectivity index (χ3v) is 5.01. The van der Waals surface area contributed by atoms with Crippen LogP contribution in [0, 0.1) is 6.92 Å². The van der Waals surface area contributed by atoms with Crippen molar-refractivity contribution >= 4 is 22.7 Å². The van der Waals surface area contributed by atoms with Crippen LogP contribution in [0.15, 0.2) is 47.5 Å². The topological polar surface area (TPSA) is 72.7 Å². The molecule has 0 fully saturated rings. The summed E-state index contributed by atoms with van der Waals surface area (Å²) in [4.78, 5) is 9.37. The Morgan fingerprint density at radius 2 is 1.97 bits per heavy atom. The van der Waals surface area contributed by atoms with Crippen molar-refractivity contribution in [3.8, 4) is 11.5 Å². The van der Waals surface area contributed by atoms with Crippen LogP contribution in [0.2, 0.25) is 0 Å². The van der Waals surface area contributed by atoms with Gasteiger partial charge in [0.1, 0.15) is 5.82 Å².